The summed E-state index contributed by atoms with van der Waals surface area (Å²) >= 11 is 0. The van der Waals surface area contributed by atoms with Crippen molar-refractivity contribution in [3.05, 3.63) is 36.0 Å². The number of benzene rings is 1. The van der Waals surface area contributed by atoms with Gasteiger partial charge in [-0.1, -0.05) is 18.2 Å². The van der Waals surface area contributed by atoms with E-state index in [2.05, 4.69) is 10.3 Å². The highest BCUT2D eigenvalue weighted by Gasteiger charge is 2.29. The number of H-pyrrole nitrogens is 1. The quantitative estimate of drug-likeness (QED) is 0.695. The van der Waals surface area contributed by atoms with Crippen molar-refractivity contribution < 1.29 is 22.8 Å². The van der Waals surface area contributed by atoms with Gasteiger partial charge in [0.15, 0.2) is 9.84 Å². The zero-order chi connectivity index (χ0) is 22.0. The van der Waals surface area contributed by atoms with E-state index in [1.54, 1.807) is 9.80 Å². The Kier molecular flexibility index (Phi) is 5.99. The first kappa shape index (κ1) is 21.4. The van der Waals surface area contributed by atoms with E-state index in [9.17, 15) is 22.8 Å². The second-order valence-corrected chi connectivity index (χ2v) is 10.3. The van der Waals surface area contributed by atoms with Crippen LogP contribution in [0.3, 0.4) is 0 Å². The van der Waals surface area contributed by atoms with Crippen molar-refractivity contribution in [1.29, 1.82) is 0 Å². The molecule has 1 aromatic carbocycles. The lowest BCUT2D eigenvalue weighted by atomic mass is 10.2. The maximum absolute atomic E-state index is 12.8. The molecule has 10 heteroatoms. The smallest absolute Gasteiger partial charge is 0.270 e. The Morgan fingerprint density at radius 3 is 2.42 bits per heavy atom. The minimum absolute atomic E-state index is 0.0287. The first-order chi connectivity index (χ1) is 14.8. The SMILES string of the molecule is O=C(CCC(=O)N1CCN(C(=O)c2cc3ccccc3[nH]2)CC1)NC1CCS(=O)(=O)C1. The van der Waals surface area contributed by atoms with E-state index in [0.29, 0.717) is 38.3 Å². The molecule has 2 N–H and O–H groups in total. The van der Waals surface area contributed by atoms with Crippen molar-refractivity contribution in [1.82, 2.24) is 20.1 Å². The fraction of sp³-hybridized carbons (Fsp3) is 0.476. The monoisotopic (exact) mass is 446 g/mol. The van der Waals surface area contributed by atoms with Gasteiger partial charge >= 0.3 is 0 Å². The summed E-state index contributed by atoms with van der Waals surface area (Å²) in [6, 6.07) is 9.18. The van der Waals surface area contributed by atoms with Crippen LogP contribution in [0.25, 0.3) is 10.9 Å². The Bertz CT molecular complexity index is 1070. The Morgan fingerprint density at radius 1 is 1.03 bits per heavy atom. The van der Waals surface area contributed by atoms with Crippen LogP contribution in [0.1, 0.15) is 29.8 Å². The lowest BCUT2D eigenvalue weighted by Crippen LogP contribution is -2.50. The summed E-state index contributed by atoms with van der Waals surface area (Å²) in [5.41, 5.74) is 1.44. The average molecular weight is 447 g/mol. The van der Waals surface area contributed by atoms with Gasteiger partial charge in [0, 0.05) is 56.0 Å². The molecular formula is C21H26N4O5S. The third-order valence-corrected chi connectivity index (χ3v) is 7.61. The van der Waals surface area contributed by atoms with Crippen LogP contribution in [0.2, 0.25) is 0 Å². The topological polar surface area (TPSA) is 120 Å². The number of fused-ring (bicyclic) bond motifs is 1. The van der Waals surface area contributed by atoms with Crippen molar-refractivity contribution in [2.75, 3.05) is 37.7 Å². The molecule has 0 saturated carbocycles. The van der Waals surface area contributed by atoms with Crippen molar-refractivity contribution in [2.45, 2.75) is 25.3 Å². The molecule has 1 unspecified atom stereocenters. The Labute approximate surface area is 180 Å². The van der Waals surface area contributed by atoms with Crippen LogP contribution in [-0.2, 0) is 19.4 Å². The van der Waals surface area contributed by atoms with E-state index in [1.165, 1.54) is 0 Å². The van der Waals surface area contributed by atoms with Gasteiger partial charge in [-0.15, -0.1) is 0 Å². The van der Waals surface area contributed by atoms with Gasteiger partial charge in [0.05, 0.1) is 11.5 Å². The minimum atomic E-state index is -3.05. The molecule has 166 valence electrons. The number of nitrogens with zero attached hydrogens (tertiary/aromatic N) is 2. The first-order valence-corrected chi connectivity index (χ1v) is 12.3. The largest absolute Gasteiger partial charge is 0.352 e. The summed E-state index contributed by atoms with van der Waals surface area (Å²) in [4.78, 5) is 43.8. The molecule has 3 heterocycles. The molecule has 2 fully saturated rings. The molecule has 2 aliphatic heterocycles. The van der Waals surface area contributed by atoms with Gasteiger partial charge in [-0.2, -0.15) is 0 Å². The second kappa shape index (κ2) is 8.70. The molecule has 2 saturated heterocycles. The van der Waals surface area contributed by atoms with Crippen molar-refractivity contribution >= 4 is 38.5 Å². The number of piperazine rings is 1. The third kappa shape index (κ3) is 5.07. The molecule has 1 atom stereocenters. The van der Waals surface area contributed by atoms with Crippen LogP contribution in [0.15, 0.2) is 30.3 Å². The van der Waals surface area contributed by atoms with E-state index in [4.69, 9.17) is 0 Å². The molecule has 9 nitrogen and oxygen atoms in total. The highest BCUT2D eigenvalue weighted by Crippen LogP contribution is 2.17. The molecule has 3 amide bonds. The number of para-hydroxylation sites is 1. The summed E-state index contributed by atoms with van der Waals surface area (Å²) in [6.45, 7) is 1.72. The minimum Gasteiger partial charge on any atom is -0.352 e. The molecule has 2 aromatic rings. The summed E-state index contributed by atoms with van der Waals surface area (Å²) < 4.78 is 22.9. The van der Waals surface area contributed by atoms with Gasteiger partial charge in [-0.05, 0) is 18.6 Å². The number of carbonyl (C=O) groups excluding carboxylic acids is 3. The summed E-state index contributed by atoms with van der Waals surface area (Å²) in [7, 11) is -3.05. The molecule has 0 aliphatic carbocycles. The number of sulfone groups is 1. The molecule has 0 bridgehead atoms. The summed E-state index contributed by atoms with van der Waals surface area (Å²) in [5, 5.41) is 3.68. The van der Waals surface area contributed by atoms with Crippen LogP contribution in [0, 0.1) is 0 Å². The maximum Gasteiger partial charge on any atom is 0.270 e. The lowest BCUT2D eigenvalue weighted by molar-refractivity contribution is -0.135. The fourth-order valence-corrected chi connectivity index (χ4v) is 5.78. The summed E-state index contributed by atoms with van der Waals surface area (Å²) in [5.74, 6) is -0.457. The molecular weight excluding hydrogens is 420 g/mol. The fourth-order valence-electron chi connectivity index (χ4n) is 4.11. The van der Waals surface area contributed by atoms with Gasteiger partial charge in [0.1, 0.15) is 5.69 Å². The van der Waals surface area contributed by atoms with Gasteiger partial charge in [-0.25, -0.2) is 8.42 Å². The zero-order valence-electron chi connectivity index (χ0n) is 17.2. The molecule has 2 aliphatic rings. The molecule has 4 rings (SSSR count). The number of amides is 3. The number of aromatic nitrogens is 1. The number of hydrogen-bond donors (Lipinski definition) is 2. The van der Waals surface area contributed by atoms with Gasteiger partial charge in [-0.3, -0.25) is 14.4 Å². The van der Waals surface area contributed by atoms with Crippen molar-refractivity contribution in [2.24, 2.45) is 0 Å². The normalized spacial score (nSPS) is 20.7. The van der Waals surface area contributed by atoms with Crippen LogP contribution < -0.4 is 5.32 Å². The Balaban J connectivity index is 1.22. The highest BCUT2D eigenvalue weighted by molar-refractivity contribution is 7.91. The number of carbonyl (C=O) groups is 3. The summed E-state index contributed by atoms with van der Waals surface area (Å²) in [6.07, 6.45) is 0.527. The van der Waals surface area contributed by atoms with E-state index in [0.717, 1.165) is 10.9 Å². The average Bonchev–Trinajstić information content (AvgIpc) is 3.34. The van der Waals surface area contributed by atoms with Crippen LogP contribution in [0.4, 0.5) is 0 Å². The van der Waals surface area contributed by atoms with Gasteiger partial charge in [0.2, 0.25) is 11.8 Å². The molecule has 0 radical (unpaired) electrons. The third-order valence-electron chi connectivity index (χ3n) is 5.84. The lowest BCUT2D eigenvalue weighted by Gasteiger charge is -2.34. The van der Waals surface area contributed by atoms with Gasteiger partial charge < -0.3 is 20.1 Å². The van der Waals surface area contributed by atoms with Crippen molar-refractivity contribution in [3.8, 4) is 0 Å². The van der Waals surface area contributed by atoms with Crippen molar-refractivity contribution in [3.63, 3.8) is 0 Å². The second-order valence-electron chi connectivity index (χ2n) is 8.11. The number of rotatable bonds is 5. The highest BCUT2D eigenvalue weighted by atomic mass is 32.2. The number of nitrogens with one attached hydrogen (secondary N) is 2. The molecule has 31 heavy (non-hydrogen) atoms. The zero-order valence-corrected chi connectivity index (χ0v) is 18.0. The maximum atomic E-state index is 12.8. The number of aromatic amines is 1. The van der Waals surface area contributed by atoms with E-state index in [1.807, 2.05) is 30.3 Å². The van der Waals surface area contributed by atoms with Crippen LogP contribution in [-0.4, -0.2) is 84.6 Å². The van der Waals surface area contributed by atoms with E-state index < -0.39 is 9.84 Å². The standard InChI is InChI=1S/C21H26N4O5S/c26-19(22-16-7-12-31(29,30)14-16)5-6-20(27)24-8-10-25(11-9-24)21(28)18-13-15-3-1-2-4-17(15)23-18/h1-4,13,16,23H,5-12,14H2,(H,22,26). The molecule has 0 spiro atoms. The van der Waals surface area contributed by atoms with E-state index in [-0.39, 0.29) is 48.1 Å². The molecule has 1 aromatic heterocycles. The Morgan fingerprint density at radius 2 is 1.74 bits per heavy atom. The van der Waals surface area contributed by atoms with E-state index >= 15 is 0 Å². The van der Waals surface area contributed by atoms with Crippen LogP contribution >= 0.6 is 0 Å². The van der Waals surface area contributed by atoms with Gasteiger partial charge in [0.25, 0.3) is 5.91 Å². The number of hydrogen-bond acceptors (Lipinski definition) is 5. The Hall–Kier alpha value is -2.88. The predicted octanol–water partition coefficient (Wildman–Crippen LogP) is 0.536. The van der Waals surface area contributed by atoms with Crippen LogP contribution in [0.5, 0.6) is 0 Å². The first-order valence-electron chi connectivity index (χ1n) is 10.5. The predicted molar refractivity (Wildman–Crippen MR) is 115 cm³/mol.